The number of thiophene rings is 1. The maximum absolute atomic E-state index is 6.02. The van der Waals surface area contributed by atoms with Crippen molar-refractivity contribution in [2.45, 2.75) is 25.9 Å². The highest BCUT2D eigenvalue weighted by molar-refractivity contribution is 9.11. The van der Waals surface area contributed by atoms with Gasteiger partial charge in [-0.1, -0.05) is 26.0 Å². The molecule has 19 heavy (non-hydrogen) atoms. The third-order valence-corrected chi connectivity index (χ3v) is 4.64. The van der Waals surface area contributed by atoms with Crippen LogP contribution in [0.1, 0.15) is 36.3 Å². The Kier molecular flexibility index (Phi) is 5.02. The minimum absolute atomic E-state index is 0.0845. The van der Waals surface area contributed by atoms with Gasteiger partial charge in [0.2, 0.25) is 0 Å². The average molecular weight is 340 g/mol. The van der Waals surface area contributed by atoms with Gasteiger partial charge in [0, 0.05) is 11.4 Å². The molecule has 2 nitrogen and oxygen atoms in total. The minimum atomic E-state index is -0.0845. The lowest BCUT2D eigenvalue weighted by atomic mass is 10.0. The highest BCUT2D eigenvalue weighted by Gasteiger charge is 2.14. The molecule has 2 N–H and O–H groups in total. The molecule has 1 atom stereocenters. The Hall–Kier alpha value is -0.840. The standard InChI is InChI=1S/C15H18BrNOS/c1-10(2)11-4-3-5-12(8-11)18-13(9-17)14-6-7-15(16)19-14/h3-8,10,13H,9,17H2,1-2H3. The largest absolute Gasteiger partial charge is 0.484 e. The van der Waals surface area contributed by atoms with Gasteiger partial charge in [-0.05, 0) is 51.7 Å². The van der Waals surface area contributed by atoms with Gasteiger partial charge in [0.25, 0.3) is 0 Å². The van der Waals surface area contributed by atoms with Crippen molar-refractivity contribution in [3.63, 3.8) is 0 Å². The summed E-state index contributed by atoms with van der Waals surface area (Å²) in [5, 5.41) is 0. The number of hydrogen-bond acceptors (Lipinski definition) is 3. The molecule has 102 valence electrons. The highest BCUT2D eigenvalue weighted by atomic mass is 79.9. The van der Waals surface area contributed by atoms with Crippen LogP contribution in [-0.4, -0.2) is 6.54 Å². The second-order valence-electron chi connectivity index (χ2n) is 4.71. The first-order valence-corrected chi connectivity index (χ1v) is 7.93. The van der Waals surface area contributed by atoms with E-state index in [0.29, 0.717) is 12.5 Å². The Morgan fingerprint density at radius 2 is 2.05 bits per heavy atom. The SMILES string of the molecule is CC(C)c1cccc(OC(CN)c2ccc(Br)s2)c1. The Balaban J connectivity index is 2.16. The van der Waals surface area contributed by atoms with Crippen molar-refractivity contribution in [3.8, 4) is 5.75 Å². The third-order valence-electron chi connectivity index (χ3n) is 2.93. The van der Waals surface area contributed by atoms with E-state index in [1.165, 1.54) is 5.56 Å². The van der Waals surface area contributed by atoms with Gasteiger partial charge in [-0.2, -0.15) is 0 Å². The Morgan fingerprint density at radius 3 is 2.63 bits per heavy atom. The molecule has 0 aliphatic heterocycles. The fraction of sp³-hybridized carbons (Fsp3) is 0.333. The quantitative estimate of drug-likeness (QED) is 0.855. The zero-order valence-corrected chi connectivity index (χ0v) is 13.5. The number of ether oxygens (including phenoxy) is 1. The molecule has 0 aliphatic rings. The maximum Gasteiger partial charge on any atom is 0.145 e. The van der Waals surface area contributed by atoms with Crippen LogP contribution < -0.4 is 10.5 Å². The predicted octanol–water partition coefficient (Wildman–Crippen LogP) is 4.71. The first-order chi connectivity index (χ1) is 9.10. The minimum Gasteiger partial charge on any atom is -0.484 e. The fourth-order valence-electron chi connectivity index (χ4n) is 1.83. The van der Waals surface area contributed by atoms with E-state index in [0.717, 1.165) is 14.4 Å². The van der Waals surface area contributed by atoms with Crippen molar-refractivity contribution in [2.75, 3.05) is 6.54 Å². The van der Waals surface area contributed by atoms with Crippen molar-refractivity contribution in [2.24, 2.45) is 5.73 Å². The number of rotatable bonds is 5. The van der Waals surface area contributed by atoms with Crippen LogP contribution in [0.2, 0.25) is 0 Å². The van der Waals surface area contributed by atoms with Crippen LogP contribution in [0.4, 0.5) is 0 Å². The highest BCUT2D eigenvalue weighted by Crippen LogP contribution is 2.31. The zero-order valence-electron chi connectivity index (χ0n) is 11.1. The van der Waals surface area contributed by atoms with Crippen LogP contribution in [0.3, 0.4) is 0 Å². The summed E-state index contributed by atoms with van der Waals surface area (Å²) in [6.45, 7) is 4.82. The number of nitrogens with two attached hydrogens (primary N) is 1. The summed E-state index contributed by atoms with van der Waals surface area (Å²) in [5.74, 6) is 1.38. The Labute approximate surface area is 126 Å². The van der Waals surface area contributed by atoms with Crippen LogP contribution in [-0.2, 0) is 0 Å². The lowest BCUT2D eigenvalue weighted by molar-refractivity contribution is 0.218. The molecule has 1 aromatic heterocycles. The summed E-state index contributed by atoms with van der Waals surface area (Å²) >= 11 is 5.13. The fourth-order valence-corrected chi connectivity index (χ4v) is 3.30. The molecule has 2 aromatic rings. The monoisotopic (exact) mass is 339 g/mol. The van der Waals surface area contributed by atoms with Gasteiger partial charge < -0.3 is 10.5 Å². The van der Waals surface area contributed by atoms with Crippen molar-refractivity contribution < 1.29 is 4.74 Å². The van der Waals surface area contributed by atoms with E-state index in [1.807, 2.05) is 18.2 Å². The Morgan fingerprint density at radius 1 is 1.26 bits per heavy atom. The van der Waals surface area contributed by atoms with Crippen molar-refractivity contribution in [1.29, 1.82) is 0 Å². The molecule has 1 aromatic carbocycles. The number of benzene rings is 1. The molecule has 0 saturated heterocycles. The van der Waals surface area contributed by atoms with Gasteiger partial charge in [0.05, 0.1) is 3.79 Å². The lowest BCUT2D eigenvalue weighted by Gasteiger charge is -2.17. The molecule has 1 heterocycles. The summed E-state index contributed by atoms with van der Waals surface area (Å²) in [6, 6.07) is 12.3. The van der Waals surface area contributed by atoms with Gasteiger partial charge in [-0.3, -0.25) is 0 Å². The molecular formula is C15H18BrNOS. The second kappa shape index (κ2) is 6.55. The first-order valence-electron chi connectivity index (χ1n) is 6.32. The topological polar surface area (TPSA) is 35.2 Å². The van der Waals surface area contributed by atoms with Crippen molar-refractivity contribution in [1.82, 2.24) is 0 Å². The van der Waals surface area contributed by atoms with E-state index in [4.69, 9.17) is 10.5 Å². The van der Waals surface area contributed by atoms with Crippen LogP contribution in [0, 0.1) is 0 Å². The molecule has 1 unspecified atom stereocenters. The van der Waals surface area contributed by atoms with E-state index in [9.17, 15) is 0 Å². The molecular weight excluding hydrogens is 322 g/mol. The van der Waals surface area contributed by atoms with E-state index < -0.39 is 0 Å². The number of halogens is 1. The van der Waals surface area contributed by atoms with Crippen LogP contribution in [0.25, 0.3) is 0 Å². The van der Waals surface area contributed by atoms with Crippen molar-refractivity contribution >= 4 is 27.3 Å². The van der Waals surface area contributed by atoms with Gasteiger partial charge in [-0.15, -0.1) is 11.3 Å². The first kappa shape index (κ1) is 14.6. The summed E-state index contributed by atoms with van der Waals surface area (Å²) in [7, 11) is 0. The van der Waals surface area contributed by atoms with E-state index in [-0.39, 0.29) is 6.10 Å². The summed E-state index contributed by atoms with van der Waals surface area (Å²) in [4.78, 5) is 1.14. The number of hydrogen-bond donors (Lipinski definition) is 1. The van der Waals surface area contributed by atoms with Crippen LogP contribution >= 0.6 is 27.3 Å². The Bertz CT molecular complexity index is 538. The molecule has 2 rings (SSSR count). The average Bonchev–Trinajstić information content (AvgIpc) is 2.83. The van der Waals surface area contributed by atoms with E-state index in [1.54, 1.807) is 11.3 Å². The molecule has 0 spiro atoms. The van der Waals surface area contributed by atoms with E-state index >= 15 is 0 Å². The van der Waals surface area contributed by atoms with Gasteiger partial charge in [-0.25, -0.2) is 0 Å². The van der Waals surface area contributed by atoms with Crippen LogP contribution in [0.5, 0.6) is 5.75 Å². The van der Waals surface area contributed by atoms with Gasteiger partial charge in [0.1, 0.15) is 11.9 Å². The second-order valence-corrected chi connectivity index (χ2v) is 7.21. The lowest BCUT2D eigenvalue weighted by Crippen LogP contribution is -2.17. The van der Waals surface area contributed by atoms with Gasteiger partial charge in [0.15, 0.2) is 0 Å². The summed E-state index contributed by atoms with van der Waals surface area (Å²) < 4.78 is 7.12. The summed E-state index contributed by atoms with van der Waals surface area (Å²) in [5.41, 5.74) is 7.10. The molecule has 0 saturated carbocycles. The molecule has 0 bridgehead atoms. The molecule has 0 radical (unpaired) electrons. The molecule has 0 fully saturated rings. The zero-order chi connectivity index (χ0) is 13.8. The smallest absolute Gasteiger partial charge is 0.145 e. The van der Waals surface area contributed by atoms with E-state index in [2.05, 4.69) is 48.0 Å². The summed E-state index contributed by atoms with van der Waals surface area (Å²) in [6.07, 6.45) is -0.0845. The normalized spacial score (nSPS) is 12.7. The van der Waals surface area contributed by atoms with Crippen molar-refractivity contribution in [3.05, 3.63) is 50.6 Å². The molecule has 0 aliphatic carbocycles. The maximum atomic E-state index is 6.02. The third kappa shape index (κ3) is 3.81. The molecule has 4 heteroatoms. The molecule has 0 amide bonds. The van der Waals surface area contributed by atoms with Gasteiger partial charge >= 0.3 is 0 Å². The predicted molar refractivity (Wildman–Crippen MR) is 85.0 cm³/mol. The van der Waals surface area contributed by atoms with Crippen LogP contribution in [0.15, 0.2) is 40.2 Å².